The Morgan fingerprint density at radius 1 is 0.394 bits per heavy atom. The van der Waals surface area contributed by atoms with Crippen LogP contribution in [-0.2, 0) is 56.3 Å². The maximum atomic E-state index is 3.30. The average molecular weight is 1020 g/mol. The molecule has 0 radical (unpaired) electrons. The molecule has 66 heavy (non-hydrogen) atoms. The summed E-state index contributed by atoms with van der Waals surface area (Å²) in [5.74, 6) is 0. The SMILES string of the molecule is CC(C)(C)P(c1cc2ccccc2[cH-]1)C(C)(C)C.CC(C)(C)P(c1cc2ccccc2[cH-]1)C(C)(C)C.[Cl-].[Cl-].[Ti+2].[Ti+2].[c-]1cccc2c1Cc1ccccc1-2.[c-]1cccc2c1Cc1ccccc1-2. The molecule has 0 spiro atoms. The summed E-state index contributed by atoms with van der Waals surface area (Å²) in [7, 11) is -0.369. The molecule has 0 aromatic heterocycles. The van der Waals surface area contributed by atoms with Crippen LogP contribution in [0, 0.1) is 12.1 Å². The summed E-state index contributed by atoms with van der Waals surface area (Å²) in [5.41, 5.74) is 11.0. The number of hydrogen-bond acceptors (Lipinski definition) is 0. The van der Waals surface area contributed by atoms with Crippen molar-refractivity contribution in [3.8, 4) is 22.3 Å². The Labute approximate surface area is 443 Å². The van der Waals surface area contributed by atoms with E-state index in [1.807, 2.05) is 12.1 Å². The minimum Gasteiger partial charge on any atom is -1.00 e. The van der Waals surface area contributed by atoms with E-state index in [4.69, 9.17) is 0 Å². The molecule has 8 aromatic carbocycles. The molecule has 6 heteroatoms. The van der Waals surface area contributed by atoms with Gasteiger partial charge in [0.15, 0.2) is 0 Å². The monoisotopic (exact) mass is 1010 g/mol. The second-order valence-electron chi connectivity index (χ2n) is 20.8. The van der Waals surface area contributed by atoms with E-state index in [-0.39, 0.29) is 84.1 Å². The van der Waals surface area contributed by atoms with Gasteiger partial charge in [-0.15, -0.1) is 91.8 Å². The van der Waals surface area contributed by atoms with Gasteiger partial charge in [-0.1, -0.05) is 182 Å². The molecule has 0 heterocycles. The Morgan fingerprint density at radius 3 is 1.03 bits per heavy atom. The zero-order valence-corrected chi connectivity index (χ0v) is 47.5. The quantitative estimate of drug-likeness (QED) is 0.0920. The van der Waals surface area contributed by atoms with Crippen LogP contribution in [0.2, 0.25) is 0 Å². The molecule has 2 aliphatic rings. The Morgan fingerprint density at radius 2 is 0.697 bits per heavy atom. The number of fused-ring (bicyclic) bond motifs is 8. The summed E-state index contributed by atoms with van der Waals surface area (Å²) >= 11 is 0. The molecule has 0 atom stereocenters. The minimum atomic E-state index is -0.185. The van der Waals surface area contributed by atoms with Gasteiger partial charge < -0.3 is 24.8 Å². The number of rotatable bonds is 2. The summed E-state index contributed by atoms with van der Waals surface area (Å²) in [6.07, 6.45) is 2.10. The maximum Gasteiger partial charge on any atom is 2.00 e. The summed E-state index contributed by atoms with van der Waals surface area (Å²) in [6.45, 7) is 28.5. The van der Waals surface area contributed by atoms with Crippen molar-refractivity contribution in [2.75, 3.05) is 0 Å². The molecule has 0 fully saturated rings. The first kappa shape index (κ1) is 57.7. The van der Waals surface area contributed by atoms with Crippen LogP contribution in [0.3, 0.4) is 0 Å². The number of hydrogen-bond donors (Lipinski definition) is 0. The predicted octanol–water partition coefficient (Wildman–Crippen LogP) is 10.6. The molecular weight excluding hydrogens is 949 g/mol. The van der Waals surface area contributed by atoms with Gasteiger partial charge >= 0.3 is 43.4 Å². The van der Waals surface area contributed by atoms with Crippen LogP contribution < -0.4 is 35.4 Å². The van der Waals surface area contributed by atoms with Gasteiger partial charge in [-0.2, -0.15) is 71.8 Å². The molecule has 340 valence electrons. The van der Waals surface area contributed by atoms with Crippen molar-refractivity contribution in [1.82, 2.24) is 0 Å². The third-order valence-electron chi connectivity index (χ3n) is 11.6. The van der Waals surface area contributed by atoms with Crippen molar-refractivity contribution in [2.24, 2.45) is 0 Å². The zero-order chi connectivity index (χ0) is 44.5. The predicted molar refractivity (Wildman–Crippen MR) is 278 cm³/mol. The van der Waals surface area contributed by atoms with Gasteiger partial charge in [0.05, 0.1) is 0 Å². The normalized spacial score (nSPS) is 12.2. The van der Waals surface area contributed by atoms with Gasteiger partial charge in [-0.3, -0.25) is 0 Å². The van der Waals surface area contributed by atoms with E-state index in [0.29, 0.717) is 20.6 Å². The molecule has 0 saturated carbocycles. The summed E-state index contributed by atoms with van der Waals surface area (Å²) in [4.78, 5) is 0. The first-order valence-corrected chi connectivity index (χ1v) is 25.0. The molecule has 0 saturated heterocycles. The minimum absolute atomic E-state index is 0. The van der Waals surface area contributed by atoms with Crippen LogP contribution in [0.4, 0.5) is 0 Å². The van der Waals surface area contributed by atoms with Gasteiger partial charge in [0.2, 0.25) is 0 Å². The second-order valence-corrected chi connectivity index (χ2v) is 28.6. The van der Waals surface area contributed by atoms with E-state index in [0.717, 1.165) is 12.8 Å². The Balaban J connectivity index is 0.000000231. The van der Waals surface area contributed by atoms with Crippen LogP contribution in [0.15, 0.2) is 158 Å². The fourth-order valence-corrected chi connectivity index (χ4v) is 18.3. The van der Waals surface area contributed by atoms with Crippen LogP contribution >= 0.6 is 15.8 Å². The molecular formula is C60H66Cl2P2Ti2-2. The largest absolute Gasteiger partial charge is 2.00 e. The summed E-state index contributed by atoms with van der Waals surface area (Å²) in [6, 6.07) is 63.2. The van der Waals surface area contributed by atoms with Crippen molar-refractivity contribution in [1.29, 1.82) is 0 Å². The number of benzene rings is 6. The van der Waals surface area contributed by atoms with Crippen LogP contribution in [-0.4, -0.2) is 20.6 Å². The van der Waals surface area contributed by atoms with Crippen molar-refractivity contribution in [3.05, 3.63) is 192 Å². The van der Waals surface area contributed by atoms with Crippen molar-refractivity contribution in [3.63, 3.8) is 0 Å². The Kier molecular flexibility index (Phi) is 20.8. The summed E-state index contributed by atoms with van der Waals surface area (Å²) < 4.78 is 0. The van der Waals surface area contributed by atoms with E-state index >= 15 is 0 Å². The molecule has 0 bridgehead atoms. The first-order chi connectivity index (χ1) is 29.3. The van der Waals surface area contributed by atoms with Gasteiger partial charge in [0.25, 0.3) is 0 Å². The van der Waals surface area contributed by atoms with E-state index < -0.39 is 0 Å². The van der Waals surface area contributed by atoms with Crippen molar-refractivity contribution < 1.29 is 68.2 Å². The van der Waals surface area contributed by atoms with E-state index in [2.05, 4.69) is 241 Å². The van der Waals surface area contributed by atoms with Gasteiger partial charge in [0, 0.05) is 0 Å². The third kappa shape index (κ3) is 13.8. The van der Waals surface area contributed by atoms with Crippen LogP contribution in [0.1, 0.15) is 105 Å². The standard InChI is InChI=1S/2C17H24P.2C13H9.2ClH.2Ti/c2*1-16(2,3)18(17(4,5)6)15-11-13-9-7-8-10-14(13)12-15;2*1-3-7-12-10(5-1)9-11-6-2-4-8-13(11)12;;;;/h2*7-12H,1-6H3;2*1-5,7-8H,9H2;2*1H;;/q4*-1;;;2*+2/p-2. The van der Waals surface area contributed by atoms with Crippen LogP contribution in [0.5, 0.6) is 0 Å². The first-order valence-electron chi connectivity index (χ1n) is 22.4. The molecule has 0 unspecified atom stereocenters. The van der Waals surface area contributed by atoms with Gasteiger partial charge in [-0.05, 0) is 33.5 Å². The van der Waals surface area contributed by atoms with Gasteiger partial charge in [-0.25, -0.2) is 0 Å². The van der Waals surface area contributed by atoms with E-state index in [9.17, 15) is 0 Å². The topological polar surface area (TPSA) is 0 Å². The molecule has 0 amide bonds. The number of halogens is 2. The molecule has 10 rings (SSSR count). The molecule has 0 nitrogen and oxygen atoms in total. The summed E-state index contributed by atoms with van der Waals surface area (Å²) in [5, 5.41) is 10.0. The Bertz CT molecular complexity index is 2400. The van der Waals surface area contributed by atoms with Gasteiger partial charge in [0.1, 0.15) is 0 Å². The van der Waals surface area contributed by atoms with Crippen molar-refractivity contribution in [2.45, 2.75) is 117 Å². The molecule has 0 aliphatic heterocycles. The van der Waals surface area contributed by atoms with Crippen molar-refractivity contribution >= 4 is 48.0 Å². The Hall–Kier alpha value is -2.59. The fraction of sp³-hybridized carbons (Fsp3) is 0.300. The molecule has 2 aliphatic carbocycles. The maximum absolute atomic E-state index is 3.30. The smallest absolute Gasteiger partial charge is 1.00 e. The van der Waals surface area contributed by atoms with E-state index in [1.165, 1.54) is 66.1 Å². The molecule has 8 aromatic rings. The third-order valence-corrected chi connectivity index (χ3v) is 18.6. The fourth-order valence-electron chi connectivity index (χ4n) is 10.1. The van der Waals surface area contributed by atoms with E-state index in [1.54, 1.807) is 10.6 Å². The second kappa shape index (κ2) is 23.8. The van der Waals surface area contributed by atoms with Crippen LogP contribution in [0.25, 0.3) is 43.8 Å². The zero-order valence-electron chi connectivity index (χ0n) is 41.1. The molecule has 0 N–H and O–H groups in total. The average Bonchev–Trinajstić information content (AvgIpc) is 3.98.